The molecule has 0 aliphatic carbocycles. The van der Waals surface area contributed by atoms with Gasteiger partial charge in [0.15, 0.2) is 0 Å². The van der Waals surface area contributed by atoms with Gasteiger partial charge in [0.25, 0.3) is 0 Å². The summed E-state index contributed by atoms with van der Waals surface area (Å²) in [4.78, 5) is 4.30. The van der Waals surface area contributed by atoms with Crippen LogP contribution in [0.25, 0.3) is 0 Å². The minimum atomic E-state index is -0.0593. The molecule has 5 heteroatoms. The Morgan fingerprint density at radius 2 is 2.35 bits per heavy atom. The first-order valence-corrected chi connectivity index (χ1v) is 6.57. The molecule has 1 unspecified atom stereocenters. The standard InChI is InChI=1S/C12H18BrN3O/c1-12(2)6-9(3-4-17-12)16-11-10(13)5-8(14)7-15-11/h5,7,9H,3-4,6,14H2,1-2H3,(H,15,16). The molecule has 1 aromatic heterocycles. The molecule has 94 valence electrons. The minimum Gasteiger partial charge on any atom is -0.397 e. The molecule has 0 amide bonds. The summed E-state index contributed by atoms with van der Waals surface area (Å²) >= 11 is 3.47. The van der Waals surface area contributed by atoms with Gasteiger partial charge >= 0.3 is 0 Å². The largest absolute Gasteiger partial charge is 0.397 e. The zero-order chi connectivity index (χ0) is 12.5. The summed E-state index contributed by atoms with van der Waals surface area (Å²) in [5, 5.41) is 3.44. The summed E-state index contributed by atoms with van der Waals surface area (Å²) < 4.78 is 6.59. The summed E-state index contributed by atoms with van der Waals surface area (Å²) in [5.74, 6) is 0.849. The molecule has 1 aromatic rings. The van der Waals surface area contributed by atoms with Crippen LogP contribution in [0.2, 0.25) is 0 Å². The van der Waals surface area contributed by atoms with E-state index in [4.69, 9.17) is 10.5 Å². The normalized spacial score (nSPS) is 23.4. The Bertz CT molecular complexity index is 409. The Morgan fingerprint density at radius 1 is 1.59 bits per heavy atom. The SMILES string of the molecule is CC1(C)CC(Nc2ncc(N)cc2Br)CCO1. The molecule has 1 atom stereocenters. The molecule has 0 bridgehead atoms. The van der Waals surface area contributed by atoms with Gasteiger partial charge in [-0.2, -0.15) is 0 Å². The number of pyridine rings is 1. The van der Waals surface area contributed by atoms with Crippen LogP contribution in [0.4, 0.5) is 11.5 Å². The maximum Gasteiger partial charge on any atom is 0.140 e. The van der Waals surface area contributed by atoms with Crippen molar-refractivity contribution in [2.45, 2.75) is 38.3 Å². The van der Waals surface area contributed by atoms with E-state index >= 15 is 0 Å². The van der Waals surface area contributed by atoms with Crippen molar-refractivity contribution in [1.82, 2.24) is 4.98 Å². The molecule has 0 aromatic carbocycles. The van der Waals surface area contributed by atoms with E-state index in [1.54, 1.807) is 6.20 Å². The van der Waals surface area contributed by atoms with Gasteiger partial charge in [-0.1, -0.05) is 0 Å². The molecule has 1 fully saturated rings. The molecule has 1 aliphatic rings. The van der Waals surface area contributed by atoms with Gasteiger partial charge in [-0.3, -0.25) is 0 Å². The Hall–Kier alpha value is -0.810. The summed E-state index contributed by atoms with van der Waals surface area (Å²) in [7, 11) is 0. The predicted molar refractivity (Wildman–Crippen MR) is 73.0 cm³/mol. The van der Waals surface area contributed by atoms with E-state index in [2.05, 4.69) is 40.1 Å². The minimum absolute atomic E-state index is 0.0593. The average molecular weight is 300 g/mol. The smallest absolute Gasteiger partial charge is 0.140 e. The maximum absolute atomic E-state index is 5.69. The summed E-state index contributed by atoms with van der Waals surface area (Å²) in [6.45, 7) is 5.02. The van der Waals surface area contributed by atoms with Crippen molar-refractivity contribution in [2.24, 2.45) is 0 Å². The van der Waals surface area contributed by atoms with Gasteiger partial charge in [-0.05, 0) is 48.7 Å². The molecule has 2 rings (SSSR count). The number of halogens is 1. The number of nitrogens with one attached hydrogen (secondary N) is 1. The Morgan fingerprint density at radius 3 is 3.00 bits per heavy atom. The number of hydrogen-bond donors (Lipinski definition) is 2. The zero-order valence-electron chi connectivity index (χ0n) is 10.2. The Labute approximate surface area is 110 Å². The van der Waals surface area contributed by atoms with E-state index in [0.29, 0.717) is 11.7 Å². The van der Waals surface area contributed by atoms with Crippen LogP contribution in [0, 0.1) is 0 Å². The molecular formula is C12H18BrN3O. The number of hydrogen-bond acceptors (Lipinski definition) is 4. The lowest BCUT2D eigenvalue weighted by Gasteiger charge is -2.36. The lowest BCUT2D eigenvalue weighted by molar-refractivity contribution is -0.0553. The van der Waals surface area contributed by atoms with Gasteiger partial charge < -0.3 is 15.8 Å². The topological polar surface area (TPSA) is 60.2 Å². The van der Waals surface area contributed by atoms with E-state index < -0.39 is 0 Å². The Balaban J connectivity index is 2.05. The number of aromatic nitrogens is 1. The fraction of sp³-hybridized carbons (Fsp3) is 0.583. The molecule has 1 aliphatic heterocycles. The van der Waals surface area contributed by atoms with E-state index in [1.807, 2.05) is 6.07 Å². The first-order valence-electron chi connectivity index (χ1n) is 5.78. The summed E-state index contributed by atoms with van der Waals surface area (Å²) in [5.41, 5.74) is 6.27. The summed E-state index contributed by atoms with van der Waals surface area (Å²) in [6, 6.07) is 2.26. The number of nitrogens with zero attached hydrogens (tertiary/aromatic N) is 1. The second kappa shape index (κ2) is 4.82. The predicted octanol–water partition coefficient (Wildman–Crippen LogP) is 2.80. The van der Waals surface area contributed by atoms with Crippen LogP contribution in [0.15, 0.2) is 16.7 Å². The maximum atomic E-state index is 5.69. The van der Waals surface area contributed by atoms with E-state index in [1.165, 1.54) is 0 Å². The van der Waals surface area contributed by atoms with Crippen molar-refractivity contribution in [3.63, 3.8) is 0 Å². The number of nitrogens with two attached hydrogens (primary N) is 1. The second-order valence-electron chi connectivity index (χ2n) is 5.04. The number of rotatable bonds is 2. The monoisotopic (exact) mass is 299 g/mol. The third-order valence-electron chi connectivity index (χ3n) is 2.90. The highest BCUT2D eigenvalue weighted by atomic mass is 79.9. The molecule has 1 saturated heterocycles. The van der Waals surface area contributed by atoms with Gasteiger partial charge in [0.1, 0.15) is 5.82 Å². The molecule has 4 nitrogen and oxygen atoms in total. The molecule has 0 spiro atoms. The molecule has 2 heterocycles. The van der Waals surface area contributed by atoms with Gasteiger partial charge in [0.2, 0.25) is 0 Å². The highest BCUT2D eigenvalue weighted by molar-refractivity contribution is 9.10. The lowest BCUT2D eigenvalue weighted by atomic mass is 9.94. The van der Waals surface area contributed by atoms with Crippen molar-refractivity contribution in [3.8, 4) is 0 Å². The third kappa shape index (κ3) is 3.33. The fourth-order valence-corrected chi connectivity index (χ4v) is 2.59. The van der Waals surface area contributed by atoms with E-state index in [-0.39, 0.29) is 5.60 Å². The molecule has 0 saturated carbocycles. The Kier molecular flexibility index (Phi) is 3.58. The first kappa shape index (κ1) is 12.6. The third-order valence-corrected chi connectivity index (χ3v) is 3.50. The van der Waals surface area contributed by atoms with E-state index in [0.717, 1.165) is 29.7 Å². The van der Waals surface area contributed by atoms with Crippen LogP contribution in [-0.2, 0) is 4.74 Å². The molecule has 3 N–H and O–H groups in total. The molecule has 0 radical (unpaired) electrons. The van der Waals surface area contributed by atoms with Gasteiger partial charge in [0, 0.05) is 12.6 Å². The highest BCUT2D eigenvalue weighted by Gasteiger charge is 2.29. The van der Waals surface area contributed by atoms with Crippen molar-refractivity contribution in [1.29, 1.82) is 0 Å². The number of nitrogen functional groups attached to an aromatic ring is 1. The number of anilines is 2. The van der Waals surface area contributed by atoms with Crippen LogP contribution < -0.4 is 11.1 Å². The van der Waals surface area contributed by atoms with Crippen molar-refractivity contribution in [3.05, 3.63) is 16.7 Å². The van der Waals surface area contributed by atoms with Crippen molar-refractivity contribution >= 4 is 27.4 Å². The molecular weight excluding hydrogens is 282 g/mol. The van der Waals surface area contributed by atoms with Crippen LogP contribution in [0.1, 0.15) is 26.7 Å². The van der Waals surface area contributed by atoms with Crippen LogP contribution in [0.3, 0.4) is 0 Å². The van der Waals surface area contributed by atoms with Gasteiger partial charge in [0.05, 0.1) is 22.0 Å². The van der Waals surface area contributed by atoms with Gasteiger partial charge in [-0.25, -0.2) is 4.98 Å². The van der Waals surface area contributed by atoms with Crippen LogP contribution >= 0.6 is 15.9 Å². The zero-order valence-corrected chi connectivity index (χ0v) is 11.8. The lowest BCUT2D eigenvalue weighted by Crippen LogP contribution is -2.40. The van der Waals surface area contributed by atoms with Crippen LogP contribution in [0.5, 0.6) is 0 Å². The van der Waals surface area contributed by atoms with E-state index in [9.17, 15) is 0 Å². The quantitative estimate of drug-likeness (QED) is 0.881. The number of ether oxygens (including phenoxy) is 1. The van der Waals surface area contributed by atoms with Gasteiger partial charge in [-0.15, -0.1) is 0 Å². The average Bonchev–Trinajstić information content (AvgIpc) is 2.21. The molecule has 17 heavy (non-hydrogen) atoms. The highest BCUT2D eigenvalue weighted by Crippen LogP contribution is 2.28. The second-order valence-corrected chi connectivity index (χ2v) is 5.90. The van der Waals surface area contributed by atoms with Crippen molar-refractivity contribution in [2.75, 3.05) is 17.7 Å². The van der Waals surface area contributed by atoms with Crippen molar-refractivity contribution < 1.29 is 4.74 Å². The summed E-state index contributed by atoms with van der Waals surface area (Å²) in [6.07, 6.45) is 3.64. The van der Waals surface area contributed by atoms with Crippen LogP contribution in [-0.4, -0.2) is 23.2 Å². The fourth-order valence-electron chi connectivity index (χ4n) is 2.11. The first-order chi connectivity index (χ1) is 7.96.